The first kappa shape index (κ1) is 23.9. The third kappa shape index (κ3) is 23.1. The molecule has 23 heavy (non-hydrogen) atoms. The molecule has 0 radical (unpaired) electrons. The maximum absolute atomic E-state index is 11.3. The minimum Gasteiger partial charge on any atom is -0.462 e. The van der Waals surface area contributed by atoms with Crippen LogP contribution in [0.15, 0.2) is 12.7 Å². The second-order valence-corrected chi connectivity index (χ2v) is 5.47. The van der Waals surface area contributed by atoms with Crippen molar-refractivity contribution < 1.29 is 19.1 Å². The predicted molar refractivity (Wildman–Crippen MR) is 95.3 cm³/mol. The number of carbonyl (C=O) groups excluding carboxylic acids is 2. The number of rotatable bonds is 13. The van der Waals surface area contributed by atoms with Crippen molar-refractivity contribution in [3.8, 4) is 0 Å². The van der Waals surface area contributed by atoms with Crippen molar-refractivity contribution in [2.45, 2.75) is 85.0 Å². The van der Waals surface area contributed by atoms with E-state index < -0.39 is 0 Å². The molecule has 0 amide bonds. The fourth-order valence-corrected chi connectivity index (χ4v) is 1.85. The van der Waals surface area contributed by atoms with Crippen LogP contribution in [-0.2, 0) is 19.1 Å². The molecular formula is C19H36O4. The summed E-state index contributed by atoms with van der Waals surface area (Å²) in [6, 6.07) is 0. The van der Waals surface area contributed by atoms with Gasteiger partial charge < -0.3 is 9.47 Å². The average Bonchev–Trinajstić information content (AvgIpc) is 2.53. The van der Waals surface area contributed by atoms with Crippen LogP contribution in [0.1, 0.15) is 85.0 Å². The number of esters is 2. The molecule has 0 aromatic rings. The minimum atomic E-state index is -0.194. The minimum absolute atomic E-state index is 0.174. The molecule has 136 valence electrons. The first-order chi connectivity index (χ1) is 11.1. The highest BCUT2D eigenvalue weighted by Crippen LogP contribution is 2.04. The van der Waals surface area contributed by atoms with Gasteiger partial charge in [0.05, 0.1) is 0 Å². The Morgan fingerprint density at radius 2 is 1.13 bits per heavy atom. The molecule has 0 fully saturated rings. The van der Waals surface area contributed by atoms with Crippen molar-refractivity contribution in [2.24, 2.45) is 0 Å². The molecule has 0 aliphatic carbocycles. The second kappa shape index (κ2) is 20.7. The smallest absolute Gasteiger partial charge is 0.305 e. The van der Waals surface area contributed by atoms with Crippen LogP contribution in [-0.4, -0.2) is 25.2 Å². The van der Waals surface area contributed by atoms with E-state index in [-0.39, 0.29) is 25.2 Å². The zero-order valence-electron chi connectivity index (χ0n) is 15.4. The zero-order chi connectivity index (χ0) is 17.8. The van der Waals surface area contributed by atoms with Gasteiger partial charge >= 0.3 is 11.9 Å². The third-order valence-electron chi connectivity index (χ3n) is 3.08. The summed E-state index contributed by atoms with van der Waals surface area (Å²) in [5.41, 5.74) is 0. The van der Waals surface area contributed by atoms with Crippen LogP contribution in [0, 0.1) is 0 Å². The van der Waals surface area contributed by atoms with Gasteiger partial charge in [-0.25, -0.2) is 0 Å². The van der Waals surface area contributed by atoms with Crippen molar-refractivity contribution >= 4 is 11.9 Å². The molecule has 0 heterocycles. The molecule has 0 rings (SSSR count). The number of ether oxygens (including phenoxy) is 2. The first-order valence-corrected chi connectivity index (χ1v) is 9.00. The lowest BCUT2D eigenvalue weighted by atomic mass is 10.2. The van der Waals surface area contributed by atoms with Crippen molar-refractivity contribution in [2.75, 3.05) is 13.2 Å². The van der Waals surface area contributed by atoms with Crippen LogP contribution in [0.25, 0.3) is 0 Å². The summed E-state index contributed by atoms with van der Waals surface area (Å²) in [6.45, 7) is 9.87. The van der Waals surface area contributed by atoms with E-state index in [1.54, 1.807) is 6.08 Å². The van der Waals surface area contributed by atoms with E-state index in [1.807, 2.05) is 6.92 Å². The molecule has 0 saturated carbocycles. The molecular weight excluding hydrogens is 292 g/mol. The average molecular weight is 328 g/mol. The fraction of sp³-hybridized carbons (Fsp3) is 0.789. The first-order valence-electron chi connectivity index (χ1n) is 9.00. The maximum Gasteiger partial charge on any atom is 0.305 e. The fourth-order valence-electron chi connectivity index (χ4n) is 1.85. The van der Waals surface area contributed by atoms with Crippen LogP contribution < -0.4 is 0 Å². The van der Waals surface area contributed by atoms with Crippen LogP contribution in [0.2, 0.25) is 0 Å². The van der Waals surface area contributed by atoms with Gasteiger partial charge in [0.25, 0.3) is 0 Å². The molecule has 0 unspecified atom stereocenters. The molecule has 0 aliphatic heterocycles. The highest BCUT2D eigenvalue weighted by atomic mass is 16.6. The normalized spacial score (nSPS) is 9.52. The highest BCUT2D eigenvalue weighted by molar-refractivity contribution is 5.70. The van der Waals surface area contributed by atoms with E-state index in [0.29, 0.717) is 12.8 Å². The second-order valence-electron chi connectivity index (χ2n) is 5.47. The lowest BCUT2D eigenvalue weighted by molar-refractivity contribution is -0.152. The summed E-state index contributed by atoms with van der Waals surface area (Å²) >= 11 is 0. The summed E-state index contributed by atoms with van der Waals surface area (Å²) in [5.74, 6) is -0.389. The van der Waals surface area contributed by atoms with E-state index in [2.05, 4.69) is 20.4 Å². The van der Waals surface area contributed by atoms with Gasteiger partial charge in [0.2, 0.25) is 0 Å². The molecule has 0 atom stereocenters. The SMILES string of the molecule is C=CC.CCCCCCC(=O)OCCOC(=O)CCCCCC. The Labute approximate surface area is 142 Å². The van der Waals surface area contributed by atoms with Crippen LogP contribution in [0.3, 0.4) is 0 Å². The van der Waals surface area contributed by atoms with Crippen molar-refractivity contribution in [1.82, 2.24) is 0 Å². The Balaban J connectivity index is 0. The molecule has 0 aromatic carbocycles. The van der Waals surface area contributed by atoms with E-state index in [9.17, 15) is 9.59 Å². The molecule has 4 nitrogen and oxygen atoms in total. The lowest BCUT2D eigenvalue weighted by Gasteiger charge is -2.06. The Morgan fingerprint density at radius 3 is 1.43 bits per heavy atom. The molecule has 0 aliphatic rings. The Hall–Kier alpha value is -1.32. The highest BCUT2D eigenvalue weighted by Gasteiger charge is 2.05. The Bertz CT molecular complexity index is 261. The summed E-state index contributed by atoms with van der Waals surface area (Å²) in [7, 11) is 0. The van der Waals surface area contributed by atoms with Crippen molar-refractivity contribution in [3.63, 3.8) is 0 Å². The van der Waals surface area contributed by atoms with Gasteiger partial charge in [-0.2, -0.15) is 0 Å². The Morgan fingerprint density at radius 1 is 0.783 bits per heavy atom. The zero-order valence-corrected chi connectivity index (χ0v) is 15.4. The Kier molecular flexibility index (Phi) is 21.5. The van der Waals surface area contributed by atoms with E-state index in [4.69, 9.17) is 9.47 Å². The van der Waals surface area contributed by atoms with Gasteiger partial charge in [0, 0.05) is 12.8 Å². The standard InChI is InChI=1S/C16H30O4.C3H6/c1-3-5-7-9-11-15(17)19-13-14-20-16(18)12-10-8-6-4-2;1-3-2/h3-14H2,1-2H3;3H,1H2,2H3. The molecule has 0 spiro atoms. The molecule has 0 aromatic heterocycles. The quantitative estimate of drug-likeness (QED) is 0.265. The number of hydrogen-bond acceptors (Lipinski definition) is 4. The lowest BCUT2D eigenvalue weighted by Crippen LogP contribution is -2.13. The van der Waals surface area contributed by atoms with Crippen LogP contribution in [0.5, 0.6) is 0 Å². The van der Waals surface area contributed by atoms with Gasteiger partial charge in [0.1, 0.15) is 13.2 Å². The largest absolute Gasteiger partial charge is 0.462 e. The summed E-state index contributed by atoms with van der Waals surface area (Å²) in [5, 5.41) is 0. The van der Waals surface area contributed by atoms with Gasteiger partial charge in [-0.05, 0) is 19.8 Å². The van der Waals surface area contributed by atoms with E-state index >= 15 is 0 Å². The number of unbranched alkanes of at least 4 members (excludes halogenated alkanes) is 6. The maximum atomic E-state index is 11.3. The number of carbonyl (C=O) groups is 2. The van der Waals surface area contributed by atoms with E-state index in [0.717, 1.165) is 51.4 Å². The molecule has 0 N–H and O–H groups in total. The molecule has 0 bridgehead atoms. The predicted octanol–water partition coefficient (Wildman–Crippen LogP) is 5.21. The van der Waals surface area contributed by atoms with Gasteiger partial charge in [-0.3, -0.25) is 9.59 Å². The topological polar surface area (TPSA) is 52.6 Å². The molecule has 0 saturated heterocycles. The number of hydrogen-bond donors (Lipinski definition) is 0. The summed E-state index contributed by atoms with van der Waals surface area (Å²) in [6.07, 6.45) is 11.2. The van der Waals surface area contributed by atoms with Crippen LogP contribution in [0.4, 0.5) is 0 Å². The van der Waals surface area contributed by atoms with Gasteiger partial charge in [-0.15, -0.1) is 6.58 Å². The monoisotopic (exact) mass is 328 g/mol. The van der Waals surface area contributed by atoms with Gasteiger partial charge in [0.15, 0.2) is 0 Å². The molecule has 4 heteroatoms. The third-order valence-corrected chi connectivity index (χ3v) is 3.08. The van der Waals surface area contributed by atoms with Crippen LogP contribution >= 0.6 is 0 Å². The van der Waals surface area contributed by atoms with Gasteiger partial charge in [-0.1, -0.05) is 58.4 Å². The van der Waals surface area contributed by atoms with E-state index in [1.165, 1.54) is 0 Å². The van der Waals surface area contributed by atoms with Crippen molar-refractivity contribution in [3.05, 3.63) is 12.7 Å². The summed E-state index contributed by atoms with van der Waals surface area (Å²) < 4.78 is 10.00. The number of allylic oxidation sites excluding steroid dienone is 1. The van der Waals surface area contributed by atoms with Crippen molar-refractivity contribution in [1.29, 1.82) is 0 Å². The summed E-state index contributed by atoms with van der Waals surface area (Å²) in [4.78, 5) is 22.7.